The fraction of sp³-hybridized carbons (Fsp3) is 0.400. The minimum Gasteiger partial charge on any atom is -0.465 e. The molecule has 22 heavy (non-hydrogen) atoms. The van der Waals surface area contributed by atoms with Crippen LogP contribution in [0.25, 0.3) is 0 Å². The third kappa shape index (κ3) is 2.49. The van der Waals surface area contributed by atoms with Gasteiger partial charge < -0.3 is 15.3 Å². The largest absolute Gasteiger partial charge is 0.465 e. The number of nitrogens with one attached hydrogen (secondary N) is 1. The molecular formula is C15H17N3O4. The molecule has 2 aliphatic heterocycles. The van der Waals surface area contributed by atoms with Crippen LogP contribution in [-0.4, -0.2) is 52.1 Å². The molecule has 2 N–H and O–H groups in total. The zero-order valence-electron chi connectivity index (χ0n) is 11.9. The topological polar surface area (TPSA) is 89.9 Å². The van der Waals surface area contributed by atoms with E-state index in [2.05, 4.69) is 5.32 Å². The molecule has 0 aliphatic carbocycles. The van der Waals surface area contributed by atoms with E-state index in [0.29, 0.717) is 25.9 Å². The molecule has 3 rings (SSSR count). The molecule has 2 saturated heterocycles. The number of benzene rings is 1. The molecule has 0 saturated carbocycles. The lowest BCUT2D eigenvalue weighted by Gasteiger charge is -2.33. The number of carbonyl (C=O) groups is 3. The second kappa shape index (κ2) is 5.67. The van der Waals surface area contributed by atoms with Gasteiger partial charge in [0.15, 0.2) is 0 Å². The number of carbonyl (C=O) groups excluding carboxylic acids is 2. The molecular weight excluding hydrogens is 286 g/mol. The number of piperidine rings is 1. The molecule has 1 atom stereocenters. The fourth-order valence-electron chi connectivity index (χ4n) is 3.03. The number of rotatable bonds is 2. The van der Waals surface area contributed by atoms with Gasteiger partial charge in [0.25, 0.3) is 5.91 Å². The second-order valence-electron chi connectivity index (χ2n) is 5.50. The predicted octanol–water partition coefficient (Wildman–Crippen LogP) is 1.42. The average Bonchev–Trinajstić information content (AvgIpc) is 2.83. The van der Waals surface area contributed by atoms with Crippen molar-refractivity contribution in [3.63, 3.8) is 0 Å². The first-order valence-corrected chi connectivity index (χ1v) is 7.24. The van der Waals surface area contributed by atoms with Crippen LogP contribution in [-0.2, 0) is 4.79 Å². The van der Waals surface area contributed by atoms with Gasteiger partial charge in [-0.2, -0.15) is 0 Å². The summed E-state index contributed by atoms with van der Waals surface area (Å²) < 4.78 is 0. The van der Waals surface area contributed by atoms with E-state index in [9.17, 15) is 14.4 Å². The first-order valence-electron chi connectivity index (χ1n) is 7.24. The zero-order valence-corrected chi connectivity index (χ0v) is 11.9. The van der Waals surface area contributed by atoms with Crippen LogP contribution in [0.4, 0.5) is 9.59 Å². The summed E-state index contributed by atoms with van der Waals surface area (Å²) >= 11 is 0. The maximum Gasteiger partial charge on any atom is 0.407 e. The summed E-state index contributed by atoms with van der Waals surface area (Å²) in [6.07, 6.45) is -0.00209. The number of imide groups is 1. The standard InChI is InChI=1S/C15H17N3O4/c19-13-12(10-4-2-1-3-5-10)16-14(20)18(13)11-6-8-17(9-7-11)15(21)22/h1-5,11-12H,6-9H2,(H,16,20)(H,21,22). The van der Waals surface area contributed by atoms with Gasteiger partial charge in [0.1, 0.15) is 6.04 Å². The van der Waals surface area contributed by atoms with Gasteiger partial charge in [0.2, 0.25) is 0 Å². The predicted molar refractivity (Wildman–Crippen MR) is 77.2 cm³/mol. The Morgan fingerprint density at radius 1 is 1.14 bits per heavy atom. The van der Waals surface area contributed by atoms with E-state index in [1.807, 2.05) is 18.2 Å². The van der Waals surface area contributed by atoms with Gasteiger partial charge >= 0.3 is 12.1 Å². The van der Waals surface area contributed by atoms with Crippen molar-refractivity contribution in [2.75, 3.05) is 13.1 Å². The Labute approximate surface area is 127 Å². The van der Waals surface area contributed by atoms with Crippen LogP contribution in [0.1, 0.15) is 24.4 Å². The first-order chi connectivity index (χ1) is 10.6. The van der Waals surface area contributed by atoms with Gasteiger partial charge in [0.05, 0.1) is 0 Å². The van der Waals surface area contributed by atoms with E-state index in [4.69, 9.17) is 5.11 Å². The molecule has 1 aromatic carbocycles. The molecule has 1 unspecified atom stereocenters. The molecule has 0 spiro atoms. The fourth-order valence-corrected chi connectivity index (χ4v) is 3.03. The number of hydrogen-bond acceptors (Lipinski definition) is 3. The highest BCUT2D eigenvalue weighted by molar-refractivity contribution is 6.05. The van der Waals surface area contributed by atoms with Crippen LogP contribution in [0.5, 0.6) is 0 Å². The quantitative estimate of drug-likeness (QED) is 0.809. The highest BCUT2D eigenvalue weighted by atomic mass is 16.4. The smallest absolute Gasteiger partial charge is 0.407 e. The molecule has 0 bridgehead atoms. The van der Waals surface area contributed by atoms with E-state index in [0.717, 1.165) is 5.56 Å². The summed E-state index contributed by atoms with van der Waals surface area (Å²) in [5.41, 5.74) is 0.756. The number of urea groups is 1. The zero-order chi connectivity index (χ0) is 15.7. The van der Waals surface area contributed by atoms with Gasteiger partial charge in [-0.05, 0) is 18.4 Å². The molecule has 7 nitrogen and oxygen atoms in total. The Hall–Kier alpha value is -2.57. The molecule has 0 aromatic heterocycles. The summed E-state index contributed by atoms with van der Waals surface area (Å²) in [7, 11) is 0. The summed E-state index contributed by atoms with van der Waals surface area (Å²) in [6, 6.07) is 7.82. The van der Waals surface area contributed by atoms with E-state index < -0.39 is 18.2 Å². The van der Waals surface area contributed by atoms with Crippen LogP contribution >= 0.6 is 0 Å². The molecule has 1 aromatic rings. The van der Waals surface area contributed by atoms with E-state index in [1.165, 1.54) is 9.80 Å². The Kier molecular flexibility index (Phi) is 3.70. The van der Waals surface area contributed by atoms with Crippen molar-refractivity contribution in [2.24, 2.45) is 0 Å². The highest BCUT2D eigenvalue weighted by Gasteiger charge is 2.43. The number of nitrogens with zero attached hydrogens (tertiary/aromatic N) is 2. The number of hydrogen-bond donors (Lipinski definition) is 2. The van der Waals surface area contributed by atoms with Crippen LogP contribution in [0.15, 0.2) is 30.3 Å². The summed E-state index contributed by atoms with van der Waals surface area (Å²) in [6.45, 7) is 0.681. The molecule has 7 heteroatoms. The molecule has 4 amide bonds. The van der Waals surface area contributed by atoms with Gasteiger partial charge in [-0.3, -0.25) is 9.69 Å². The number of likely N-dealkylation sites (tertiary alicyclic amines) is 1. The van der Waals surface area contributed by atoms with Gasteiger partial charge in [-0.1, -0.05) is 30.3 Å². The molecule has 0 radical (unpaired) electrons. The van der Waals surface area contributed by atoms with Crippen molar-refractivity contribution in [1.82, 2.24) is 15.1 Å². The van der Waals surface area contributed by atoms with Gasteiger partial charge in [0, 0.05) is 19.1 Å². The van der Waals surface area contributed by atoms with Crippen LogP contribution < -0.4 is 5.32 Å². The van der Waals surface area contributed by atoms with E-state index in [1.54, 1.807) is 12.1 Å². The van der Waals surface area contributed by atoms with Crippen molar-refractivity contribution < 1.29 is 19.5 Å². The minimum atomic E-state index is -0.960. The Morgan fingerprint density at radius 2 is 1.77 bits per heavy atom. The number of amides is 4. The Bertz CT molecular complexity index is 596. The van der Waals surface area contributed by atoms with Crippen molar-refractivity contribution in [3.8, 4) is 0 Å². The lowest BCUT2D eigenvalue weighted by atomic mass is 10.0. The maximum absolute atomic E-state index is 12.5. The Morgan fingerprint density at radius 3 is 2.36 bits per heavy atom. The van der Waals surface area contributed by atoms with Gasteiger partial charge in [-0.25, -0.2) is 9.59 Å². The lowest BCUT2D eigenvalue weighted by Crippen LogP contribution is -2.48. The van der Waals surface area contributed by atoms with Crippen LogP contribution in [0.2, 0.25) is 0 Å². The van der Waals surface area contributed by atoms with E-state index in [-0.39, 0.29) is 11.9 Å². The maximum atomic E-state index is 12.5. The minimum absolute atomic E-state index is 0.239. The average molecular weight is 303 g/mol. The highest BCUT2D eigenvalue weighted by Crippen LogP contribution is 2.27. The first kappa shape index (κ1) is 14.4. The summed E-state index contributed by atoms with van der Waals surface area (Å²) in [5, 5.41) is 11.7. The Balaban J connectivity index is 1.72. The number of carboxylic acid groups (broad SMARTS) is 1. The second-order valence-corrected chi connectivity index (χ2v) is 5.50. The SMILES string of the molecule is O=C(O)N1CCC(N2C(=O)NC(c3ccccc3)C2=O)CC1. The summed E-state index contributed by atoms with van der Waals surface area (Å²) in [5.74, 6) is -0.259. The van der Waals surface area contributed by atoms with Crippen LogP contribution in [0.3, 0.4) is 0 Å². The summed E-state index contributed by atoms with van der Waals surface area (Å²) in [4.78, 5) is 38.2. The monoisotopic (exact) mass is 303 g/mol. The normalized spacial score (nSPS) is 22.8. The van der Waals surface area contributed by atoms with E-state index >= 15 is 0 Å². The lowest BCUT2D eigenvalue weighted by molar-refractivity contribution is -0.129. The third-order valence-corrected chi connectivity index (χ3v) is 4.20. The van der Waals surface area contributed by atoms with Crippen molar-refractivity contribution in [3.05, 3.63) is 35.9 Å². The van der Waals surface area contributed by atoms with Crippen molar-refractivity contribution in [1.29, 1.82) is 0 Å². The molecule has 2 aliphatic rings. The molecule has 2 heterocycles. The van der Waals surface area contributed by atoms with Crippen molar-refractivity contribution >= 4 is 18.0 Å². The molecule has 116 valence electrons. The molecule has 2 fully saturated rings. The third-order valence-electron chi connectivity index (χ3n) is 4.20. The van der Waals surface area contributed by atoms with Crippen LogP contribution in [0, 0.1) is 0 Å². The van der Waals surface area contributed by atoms with Gasteiger partial charge in [-0.15, -0.1) is 0 Å². The van der Waals surface area contributed by atoms with Crippen molar-refractivity contribution in [2.45, 2.75) is 24.9 Å².